The number of rotatable bonds is 4. The largest absolute Gasteiger partial charge is 0.481 e. The van der Waals surface area contributed by atoms with Gasteiger partial charge >= 0.3 is 0 Å². The third-order valence-corrected chi connectivity index (χ3v) is 4.59. The number of thiazole rings is 1. The Kier molecular flexibility index (Phi) is 3.76. The standard InChI is InChI=1S/C14H20N4OS/c1-10-13(14(19-3)17(2)16-10)12-5-4-6-18(12)7-11-8-20-9-15-11/h8-9,12H,4-7H2,1-3H3/t12-/m1/s1. The van der Waals surface area contributed by atoms with Crippen molar-refractivity contribution in [3.05, 3.63) is 27.8 Å². The molecular weight excluding hydrogens is 272 g/mol. The van der Waals surface area contributed by atoms with Crippen LogP contribution < -0.4 is 4.74 Å². The molecule has 0 bridgehead atoms. The molecule has 0 aliphatic carbocycles. The zero-order valence-corrected chi connectivity index (χ0v) is 13.0. The van der Waals surface area contributed by atoms with E-state index in [0.29, 0.717) is 6.04 Å². The molecule has 1 fully saturated rings. The molecule has 2 aromatic rings. The van der Waals surface area contributed by atoms with Crippen LogP contribution in [0.4, 0.5) is 0 Å². The number of methoxy groups -OCH3 is 1. The fourth-order valence-electron chi connectivity index (χ4n) is 3.15. The second kappa shape index (κ2) is 5.54. The van der Waals surface area contributed by atoms with Crippen molar-refractivity contribution in [2.45, 2.75) is 32.4 Å². The van der Waals surface area contributed by atoms with E-state index in [4.69, 9.17) is 4.74 Å². The van der Waals surface area contributed by atoms with E-state index in [9.17, 15) is 0 Å². The molecule has 0 unspecified atom stereocenters. The normalized spacial score (nSPS) is 19.6. The highest BCUT2D eigenvalue weighted by Crippen LogP contribution is 2.39. The number of ether oxygens (including phenoxy) is 1. The van der Waals surface area contributed by atoms with E-state index in [0.717, 1.165) is 36.8 Å². The second-order valence-electron chi connectivity index (χ2n) is 5.24. The molecule has 0 spiro atoms. The number of aryl methyl sites for hydroxylation is 2. The predicted octanol–water partition coefficient (Wildman–Crippen LogP) is 2.53. The summed E-state index contributed by atoms with van der Waals surface area (Å²) in [5.41, 5.74) is 5.36. The fraction of sp³-hybridized carbons (Fsp3) is 0.571. The molecule has 2 aromatic heterocycles. The van der Waals surface area contributed by atoms with Gasteiger partial charge in [-0.2, -0.15) is 5.10 Å². The van der Waals surface area contributed by atoms with Gasteiger partial charge in [0.1, 0.15) is 0 Å². The van der Waals surface area contributed by atoms with Crippen LogP contribution in [0.2, 0.25) is 0 Å². The first-order valence-corrected chi connectivity index (χ1v) is 7.83. The molecule has 0 aromatic carbocycles. The summed E-state index contributed by atoms with van der Waals surface area (Å²) < 4.78 is 7.39. The van der Waals surface area contributed by atoms with Gasteiger partial charge in [-0.15, -0.1) is 11.3 Å². The van der Waals surface area contributed by atoms with Crippen LogP contribution in [0.1, 0.15) is 35.8 Å². The SMILES string of the molecule is COc1c([C@H]2CCCN2Cc2cscn2)c(C)nn1C. The summed E-state index contributed by atoms with van der Waals surface area (Å²) in [5, 5.41) is 6.64. The van der Waals surface area contributed by atoms with Crippen molar-refractivity contribution in [1.29, 1.82) is 0 Å². The lowest BCUT2D eigenvalue weighted by Gasteiger charge is -2.24. The maximum absolute atomic E-state index is 5.55. The van der Waals surface area contributed by atoms with E-state index in [1.165, 1.54) is 12.0 Å². The Morgan fingerprint density at radius 1 is 1.50 bits per heavy atom. The minimum atomic E-state index is 0.389. The first-order valence-electron chi connectivity index (χ1n) is 6.89. The number of nitrogens with zero attached hydrogens (tertiary/aromatic N) is 4. The van der Waals surface area contributed by atoms with Crippen molar-refractivity contribution >= 4 is 11.3 Å². The summed E-state index contributed by atoms with van der Waals surface area (Å²) in [6.07, 6.45) is 2.37. The molecule has 0 saturated carbocycles. The van der Waals surface area contributed by atoms with Crippen LogP contribution in [0.15, 0.2) is 10.9 Å². The van der Waals surface area contributed by atoms with E-state index < -0.39 is 0 Å². The molecule has 20 heavy (non-hydrogen) atoms. The predicted molar refractivity (Wildman–Crippen MR) is 79.0 cm³/mol. The summed E-state index contributed by atoms with van der Waals surface area (Å²) in [4.78, 5) is 6.89. The van der Waals surface area contributed by atoms with Gasteiger partial charge in [-0.25, -0.2) is 9.67 Å². The molecular formula is C14H20N4OS. The van der Waals surface area contributed by atoms with Crippen LogP contribution in [0.3, 0.4) is 0 Å². The van der Waals surface area contributed by atoms with E-state index in [-0.39, 0.29) is 0 Å². The maximum Gasteiger partial charge on any atom is 0.216 e. The van der Waals surface area contributed by atoms with E-state index >= 15 is 0 Å². The highest BCUT2D eigenvalue weighted by molar-refractivity contribution is 7.07. The third kappa shape index (κ3) is 2.33. The first-order chi connectivity index (χ1) is 9.70. The van der Waals surface area contributed by atoms with E-state index in [1.54, 1.807) is 18.4 Å². The van der Waals surface area contributed by atoms with Gasteiger partial charge in [0.15, 0.2) is 0 Å². The molecule has 0 radical (unpaired) electrons. The summed E-state index contributed by atoms with van der Waals surface area (Å²) in [5.74, 6) is 0.887. The minimum absolute atomic E-state index is 0.389. The van der Waals surface area contributed by atoms with E-state index in [2.05, 4.69) is 27.3 Å². The topological polar surface area (TPSA) is 43.2 Å². The number of hydrogen-bond donors (Lipinski definition) is 0. The molecule has 5 nitrogen and oxygen atoms in total. The third-order valence-electron chi connectivity index (χ3n) is 3.95. The summed E-state index contributed by atoms with van der Waals surface area (Å²) >= 11 is 1.66. The van der Waals surface area contributed by atoms with Gasteiger partial charge in [-0.3, -0.25) is 4.90 Å². The Morgan fingerprint density at radius 3 is 3.05 bits per heavy atom. The second-order valence-corrected chi connectivity index (χ2v) is 5.96. The average Bonchev–Trinajstić information content (AvgIpc) is 3.11. The quantitative estimate of drug-likeness (QED) is 0.868. The number of hydrogen-bond acceptors (Lipinski definition) is 5. The summed E-state index contributed by atoms with van der Waals surface area (Å²) in [6, 6.07) is 0.389. The van der Waals surface area contributed by atoms with Crippen molar-refractivity contribution in [2.75, 3.05) is 13.7 Å². The van der Waals surface area contributed by atoms with Crippen LogP contribution in [0.5, 0.6) is 5.88 Å². The molecule has 108 valence electrons. The molecule has 3 rings (SSSR count). The van der Waals surface area contributed by atoms with Crippen LogP contribution in [0, 0.1) is 6.92 Å². The smallest absolute Gasteiger partial charge is 0.216 e. The van der Waals surface area contributed by atoms with E-state index in [1.807, 2.05) is 17.2 Å². The lowest BCUT2D eigenvalue weighted by molar-refractivity contribution is 0.239. The van der Waals surface area contributed by atoms with Crippen molar-refractivity contribution < 1.29 is 4.74 Å². The zero-order chi connectivity index (χ0) is 14.1. The van der Waals surface area contributed by atoms with Gasteiger partial charge in [-0.05, 0) is 26.3 Å². The number of aromatic nitrogens is 3. The van der Waals surface area contributed by atoms with Gasteiger partial charge < -0.3 is 4.74 Å². The first kappa shape index (κ1) is 13.6. The van der Waals surface area contributed by atoms with Gasteiger partial charge in [-0.1, -0.05) is 0 Å². The number of likely N-dealkylation sites (tertiary alicyclic amines) is 1. The molecule has 3 heterocycles. The highest BCUT2D eigenvalue weighted by atomic mass is 32.1. The molecule has 1 aliphatic rings. The van der Waals surface area contributed by atoms with Crippen LogP contribution >= 0.6 is 11.3 Å². The highest BCUT2D eigenvalue weighted by Gasteiger charge is 2.32. The monoisotopic (exact) mass is 292 g/mol. The van der Waals surface area contributed by atoms with Crippen molar-refractivity contribution in [3.8, 4) is 5.88 Å². The van der Waals surface area contributed by atoms with Crippen LogP contribution in [-0.4, -0.2) is 33.3 Å². The molecule has 1 aliphatic heterocycles. The Bertz CT molecular complexity index is 578. The zero-order valence-electron chi connectivity index (χ0n) is 12.2. The van der Waals surface area contributed by atoms with Crippen molar-refractivity contribution in [2.24, 2.45) is 7.05 Å². The molecule has 6 heteroatoms. The fourth-order valence-corrected chi connectivity index (χ4v) is 3.69. The summed E-state index contributed by atoms with van der Waals surface area (Å²) in [6.45, 7) is 4.09. The Labute approximate surface area is 123 Å². The van der Waals surface area contributed by atoms with Crippen molar-refractivity contribution in [3.63, 3.8) is 0 Å². The molecule has 1 saturated heterocycles. The van der Waals surface area contributed by atoms with Crippen LogP contribution in [0.25, 0.3) is 0 Å². The van der Waals surface area contributed by atoms with Crippen molar-refractivity contribution in [1.82, 2.24) is 19.7 Å². The van der Waals surface area contributed by atoms with Gasteiger partial charge in [0.2, 0.25) is 5.88 Å². The minimum Gasteiger partial charge on any atom is -0.481 e. The average molecular weight is 292 g/mol. The molecule has 0 amide bonds. The molecule has 0 N–H and O–H groups in total. The van der Waals surface area contributed by atoms with Gasteiger partial charge in [0, 0.05) is 25.0 Å². The van der Waals surface area contributed by atoms with Gasteiger partial charge in [0.25, 0.3) is 0 Å². The van der Waals surface area contributed by atoms with Gasteiger partial charge in [0.05, 0.1) is 29.6 Å². The summed E-state index contributed by atoms with van der Waals surface area (Å²) in [7, 11) is 3.66. The Morgan fingerprint density at radius 2 is 2.35 bits per heavy atom. The Hall–Kier alpha value is -1.40. The lowest BCUT2D eigenvalue weighted by atomic mass is 10.0. The van der Waals surface area contributed by atoms with Crippen LogP contribution in [-0.2, 0) is 13.6 Å². The Balaban J connectivity index is 1.88. The molecule has 1 atom stereocenters. The maximum atomic E-state index is 5.55. The lowest BCUT2D eigenvalue weighted by Crippen LogP contribution is -2.23.